The minimum atomic E-state index is -0.271. The molecule has 0 aromatic rings. The van der Waals surface area contributed by atoms with Crippen LogP contribution in [-0.2, 0) is 4.79 Å². The quantitative estimate of drug-likeness (QED) is 0.510. The number of hydrogen-bond donors (Lipinski definition) is 1. The van der Waals surface area contributed by atoms with Crippen LogP contribution in [0.4, 0.5) is 0 Å². The van der Waals surface area contributed by atoms with Gasteiger partial charge in [-0.25, -0.2) is 0 Å². The van der Waals surface area contributed by atoms with Gasteiger partial charge in [-0.2, -0.15) is 0 Å². The van der Waals surface area contributed by atoms with Crippen LogP contribution in [-0.4, -0.2) is 5.91 Å². The van der Waals surface area contributed by atoms with Crippen molar-refractivity contribution in [1.82, 2.24) is 0 Å². The first-order valence-corrected chi connectivity index (χ1v) is 6.68. The lowest BCUT2D eigenvalue weighted by Gasteiger charge is -2.10. The van der Waals surface area contributed by atoms with Gasteiger partial charge in [-0.3, -0.25) is 4.79 Å². The van der Waals surface area contributed by atoms with Crippen LogP contribution in [0.2, 0.25) is 0 Å². The van der Waals surface area contributed by atoms with E-state index < -0.39 is 0 Å². The highest BCUT2D eigenvalue weighted by molar-refractivity contribution is 5.75. The van der Waals surface area contributed by atoms with Crippen molar-refractivity contribution in [2.45, 2.75) is 52.9 Å². The Morgan fingerprint density at radius 1 is 0.889 bits per heavy atom. The molecule has 0 rings (SSSR count). The number of primary amides is 1. The highest BCUT2D eigenvalue weighted by atomic mass is 16.1. The van der Waals surface area contributed by atoms with Gasteiger partial charge in [0.1, 0.15) is 0 Å². The second kappa shape index (κ2) is 9.69. The normalized spacial score (nSPS) is 13.1. The predicted molar refractivity (Wildman–Crippen MR) is 79.2 cm³/mol. The van der Waals surface area contributed by atoms with Crippen molar-refractivity contribution in [2.75, 3.05) is 0 Å². The highest BCUT2D eigenvalue weighted by Crippen LogP contribution is 2.15. The van der Waals surface area contributed by atoms with Crippen molar-refractivity contribution in [2.24, 2.45) is 11.1 Å². The molecule has 102 valence electrons. The van der Waals surface area contributed by atoms with E-state index in [1.165, 1.54) is 0 Å². The zero-order valence-corrected chi connectivity index (χ0v) is 12.0. The molecule has 0 atom stereocenters. The lowest BCUT2D eigenvalue weighted by Crippen LogP contribution is -2.07. The van der Waals surface area contributed by atoms with Crippen molar-refractivity contribution in [1.29, 1.82) is 0 Å². The molecule has 0 heterocycles. The first-order chi connectivity index (χ1) is 8.42. The molecule has 2 nitrogen and oxygen atoms in total. The molecule has 0 aliphatic rings. The maximum Gasteiger partial charge on any atom is 0.221 e. The fraction of sp³-hybridized carbons (Fsp3) is 0.562. The fourth-order valence-electron chi connectivity index (χ4n) is 1.37. The predicted octanol–water partition coefficient (Wildman–Crippen LogP) is 4.14. The van der Waals surface area contributed by atoms with Crippen LogP contribution in [0.25, 0.3) is 0 Å². The van der Waals surface area contributed by atoms with Gasteiger partial charge >= 0.3 is 0 Å². The van der Waals surface area contributed by atoms with Crippen molar-refractivity contribution in [3.8, 4) is 0 Å². The molecule has 0 fully saturated rings. The summed E-state index contributed by atoms with van der Waals surface area (Å²) in [5.74, 6) is -0.271. The van der Waals surface area contributed by atoms with Crippen LogP contribution in [0.3, 0.4) is 0 Å². The summed E-state index contributed by atoms with van der Waals surface area (Å²) >= 11 is 0. The molecule has 18 heavy (non-hydrogen) atoms. The van der Waals surface area contributed by atoms with Gasteiger partial charge in [-0.15, -0.1) is 0 Å². The molecule has 0 radical (unpaired) electrons. The third kappa shape index (κ3) is 14.7. The summed E-state index contributed by atoms with van der Waals surface area (Å²) in [7, 11) is 0. The van der Waals surface area contributed by atoms with Crippen molar-refractivity contribution >= 4 is 5.91 Å². The van der Waals surface area contributed by atoms with E-state index in [1.54, 1.807) is 0 Å². The molecular weight excluding hydrogens is 222 g/mol. The minimum absolute atomic E-state index is 0.271. The van der Waals surface area contributed by atoms with E-state index >= 15 is 0 Å². The number of carbonyl (C=O) groups excluding carboxylic acids is 1. The molecule has 0 aliphatic carbocycles. The summed E-state index contributed by atoms with van der Waals surface area (Å²) in [6.45, 7) is 6.62. The Morgan fingerprint density at radius 2 is 1.33 bits per heavy atom. The Hall–Kier alpha value is -1.31. The summed E-state index contributed by atoms with van der Waals surface area (Å²) in [6, 6.07) is 0. The number of rotatable bonds is 8. The zero-order chi connectivity index (χ0) is 13.9. The van der Waals surface area contributed by atoms with Gasteiger partial charge in [0, 0.05) is 6.42 Å². The van der Waals surface area contributed by atoms with Crippen LogP contribution in [0, 0.1) is 5.41 Å². The largest absolute Gasteiger partial charge is 0.369 e. The Kier molecular flexibility index (Phi) is 8.99. The average Bonchev–Trinajstić information content (AvgIpc) is 2.24. The van der Waals surface area contributed by atoms with Gasteiger partial charge in [0.15, 0.2) is 0 Å². The molecule has 2 N–H and O–H groups in total. The number of carbonyl (C=O) groups is 1. The van der Waals surface area contributed by atoms with Crippen LogP contribution in [0.15, 0.2) is 36.5 Å². The minimum Gasteiger partial charge on any atom is -0.369 e. The van der Waals surface area contributed by atoms with Gasteiger partial charge in [0.25, 0.3) is 0 Å². The maximum absolute atomic E-state index is 10.5. The van der Waals surface area contributed by atoms with E-state index in [1.807, 2.05) is 12.2 Å². The van der Waals surface area contributed by atoms with Crippen molar-refractivity contribution in [3.05, 3.63) is 36.5 Å². The topological polar surface area (TPSA) is 43.1 Å². The van der Waals surface area contributed by atoms with Crippen LogP contribution < -0.4 is 5.73 Å². The van der Waals surface area contributed by atoms with Crippen LogP contribution in [0.1, 0.15) is 52.9 Å². The van der Waals surface area contributed by atoms with E-state index in [2.05, 4.69) is 45.1 Å². The first-order valence-electron chi connectivity index (χ1n) is 6.68. The second-order valence-corrected chi connectivity index (χ2v) is 5.54. The van der Waals surface area contributed by atoms with Gasteiger partial charge in [-0.1, -0.05) is 57.2 Å². The Labute approximate surface area is 112 Å². The standard InChI is InChI=1S/C16H27NO/c1-16(2,3)14-12-10-8-6-4-5-7-9-11-13-15(17)18/h4,6,9,11-12,14H,5,7-8,10,13H2,1-3H3,(H2,17,18). The molecule has 1 amide bonds. The van der Waals surface area contributed by atoms with Crippen LogP contribution >= 0.6 is 0 Å². The van der Waals surface area contributed by atoms with Gasteiger partial charge in [0.2, 0.25) is 5.91 Å². The molecule has 0 saturated heterocycles. The number of amides is 1. The van der Waals surface area contributed by atoms with Crippen LogP contribution in [0.5, 0.6) is 0 Å². The lowest BCUT2D eigenvalue weighted by atomic mass is 9.96. The van der Waals surface area contributed by atoms with Crippen molar-refractivity contribution < 1.29 is 4.79 Å². The summed E-state index contributed by atoms with van der Waals surface area (Å²) in [5, 5.41) is 0. The number of allylic oxidation sites excluding steroid dienone is 5. The molecule has 0 saturated carbocycles. The molecule has 0 bridgehead atoms. The molecule has 0 aromatic heterocycles. The van der Waals surface area contributed by atoms with E-state index in [-0.39, 0.29) is 11.3 Å². The van der Waals surface area contributed by atoms with E-state index in [4.69, 9.17) is 5.73 Å². The van der Waals surface area contributed by atoms with Gasteiger partial charge in [-0.05, 0) is 31.1 Å². The van der Waals surface area contributed by atoms with Crippen molar-refractivity contribution in [3.63, 3.8) is 0 Å². The van der Waals surface area contributed by atoms with E-state index in [9.17, 15) is 4.79 Å². The summed E-state index contributed by atoms with van der Waals surface area (Å²) in [4.78, 5) is 10.5. The SMILES string of the molecule is CC(C)(C)C=CCCC=CCCC=CCC(N)=O. The second-order valence-electron chi connectivity index (χ2n) is 5.54. The van der Waals surface area contributed by atoms with E-state index in [0.29, 0.717) is 6.42 Å². The summed E-state index contributed by atoms with van der Waals surface area (Å²) in [5.41, 5.74) is 5.31. The molecule has 0 aromatic carbocycles. The van der Waals surface area contributed by atoms with Gasteiger partial charge in [0.05, 0.1) is 0 Å². The third-order valence-electron chi connectivity index (χ3n) is 2.27. The van der Waals surface area contributed by atoms with E-state index in [0.717, 1.165) is 25.7 Å². The Bertz CT molecular complexity index is 306. The molecular formula is C16H27NO. The molecule has 0 spiro atoms. The average molecular weight is 249 g/mol. The monoisotopic (exact) mass is 249 g/mol. The number of nitrogens with two attached hydrogens (primary N) is 1. The number of unbranched alkanes of at least 4 members (excludes halogenated alkanes) is 2. The highest BCUT2D eigenvalue weighted by Gasteiger charge is 2.01. The summed E-state index contributed by atoms with van der Waals surface area (Å²) in [6.07, 6.45) is 17.3. The first kappa shape index (κ1) is 16.7. The number of hydrogen-bond acceptors (Lipinski definition) is 1. The Balaban J connectivity index is 3.47. The maximum atomic E-state index is 10.5. The molecule has 2 heteroatoms. The molecule has 0 unspecified atom stereocenters. The fourth-order valence-corrected chi connectivity index (χ4v) is 1.37. The molecule has 0 aliphatic heterocycles. The Morgan fingerprint density at radius 3 is 1.78 bits per heavy atom. The smallest absolute Gasteiger partial charge is 0.221 e. The lowest BCUT2D eigenvalue weighted by molar-refractivity contribution is -0.117. The van der Waals surface area contributed by atoms with Gasteiger partial charge < -0.3 is 5.73 Å². The zero-order valence-electron chi connectivity index (χ0n) is 12.0. The summed E-state index contributed by atoms with van der Waals surface area (Å²) < 4.78 is 0. The third-order valence-corrected chi connectivity index (χ3v) is 2.27.